The van der Waals surface area contributed by atoms with E-state index in [9.17, 15) is 9.90 Å². The number of rotatable bonds is 7. The van der Waals surface area contributed by atoms with E-state index in [0.717, 1.165) is 11.1 Å². The Balaban J connectivity index is 1.64. The highest BCUT2D eigenvalue weighted by atomic mass is 16.5. The van der Waals surface area contributed by atoms with Gasteiger partial charge in [0.25, 0.3) is 0 Å². The summed E-state index contributed by atoms with van der Waals surface area (Å²) in [7, 11) is 0. The largest absolute Gasteiger partial charge is 0.462 e. The van der Waals surface area contributed by atoms with E-state index in [2.05, 4.69) is 11.8 Å². The Hall–Kier alpha value is -3.35. The highest BCUT2D eigenvalue weighted by Crippen LogP contribution is 2.23. The van der Waals surface area contributed by atoms with Gasteiger partial charge in [-0.25, -0.2) is 4.79 Å². The van der Waals surface area contributed by atoms with E-state index in [1.54, 1.807) is 6.07 Å². The number of carbonyl (C=O) groups excluding carboxylic acids is 1. The molecule has 0 spiro atoms. The van der Waals surface area contributed by atoms with Crippen molar-refractivity contribution in [3.63, 3.8) is 0 Å². The molecule has 29 heavy (non-hydrogen) atoms. The van der Waals surface area contributed by atoms with Crippen LogP contribution in [0.5, 0.6) is 0 Å². The van der Waals surface area contributed by atoms with Gasteiger partial charge < -0.3 is 9.84 Å². The highest BCUT2D eigenvalue weighted by Gasteiger charge is 2.14. The Morgan fingerprint density at radius 3 is 2.21 bits per heavy atom. The molecule has 1 N–H and O–H groups in total. The lowest BCUT2D eigenvalue weighted by atomic mass is 9.93. The Morgan fingerprint density at radius 2 is 1.48 bits per heavy atom. The van der Waals surface area contributed by atoms with Crippen LogP contribution in [0.3, 0.4) is 0 Å². The van der Waals surface area contributed by atoms with E-state index in [1.165, 1.54) is 0 Å². The first-order valence-corrected chi connectivity index (χ1v) is 9.77. The summed E-state index contributed by atoms with van der Waals surface area (Å²) in [5.74, 6) is 5.93. The molecular weight excluding hydrogens is 360 g/mol. The summed E-state index contributed by atoms with van der Waals surface area (Å²) in [6.45, 7) is 0.393. The second-order valence-corrected chi connectivity index (χ2v) is 6.71. The van der Waals surface area contributed by atoms with E-state index < -0.39 is 0 Å². The number of hydrogen-bond acceptors (Lipinski definition) is 3. The number of hydrogen-bond donors (Lipinski definition) is 1. The third-order valence-corrected chi connectivity index (χ3v) is 4.71. The van der Waals surface area contributed by atoms with Crippen molar-refractivity contribution in [2.75, 3.05) is 13.2 Å². The van der Waals surface area contributed by atoms with Gasteiger partial charge in [0, 0.05) is 17.7 Å². The first kappa shape index (κ1) is 20.4. The zero-order chi connectivity index (χ0) is 20.3. The third kappa shape index (κ3) is 6.07. The summed E-state index contributed by atoms with van der Waals surface area (Å²) in [5, 5.41) is 9.35. The molecule has 3 heteroatoms. The monoisotopic (exact) mass is 384 g/mol. The van der Waals surface area contributed by atoms with Crippen LogP contribution >= 0.6 is 0 Å². The topological polar surface area (TPSA) is 46.5 Å². The molecule has 146 valence electrons. The Labute approximate surface area is 172 Å². The number of ether oxygens (including phenoxy) is 1. The average Bonchev–Trinajstić information content (AvgIpc) is 2.78. The van der Waals surface area contributed by atoms with Crippen molar-refractivity contribution >= 4 is 5.97 Å². The molecule has 0 aliphatic carbocycles. The van der Waals surface area contributed by atoms with E-state index >= 15 is 0 Å². The van der Waals surface area contributed by atoms with Gasteiger partial charge in [0.2, 0.25) is 0 Å². The van der Waals surface area contributed by atoms with Crippen molar-refractivity contribution in [3.8, 4) is 11.8 Å². The first-order valence-electron chi connectivity index (χ1n) is 9.77. The van der Waals surface area contributed by atoms with Crippen molar-refractivity contribution in [1.29, 1.82) is 0 Å². The predicted molar refractivity (Wildman–Crippen MR) is 115 cm³/mol. The van der Waals surface area contributed by atoms with Crippen LogP contribution in [0.25, 0.3) is 0 Å². The molecule has 0 bridgehead atoms. The molecule has 1 unspecified atom stereocenters. The standard InChI is InChI=1S/C26H24O3/c27-19-17-23(22-11-5-2-6-12-22)18-20-29-26(28)25-14-8-7-13-24(25)16-15-21-9-3-1-4-10-21/h1-14,23,27H,17-20H2. The van der Waals surface area contributed by atoms with Gasteiger partial charge in [0.05, 0.1) is 12.2 Å². The van der Waals surface area contributed by atoms with Gasteiger partial charge in [-0.1, -0.05) is 72.5 Å². The van der Waals surface area contributed by atoms with Crippen LogP contribution in [0.2, 0.25) is 0 Å². The molecule has 1 atom stereocenters. The lowest BCUT2D eigenvalue weighted by molar-refractivity contribution is 0.0490. The molecule has 3 aromatic carbocycles. The quantitative estimate of drug-likeness (QED) is 0.470. The number of esters is 1. The van der Waals surface area contributed by atoms with E-state index in [0.29, 0.717) is 30.6 Å². The van der Waals surface area contributed by atoms with E-state index in [1.807, 2.05) is 78.9 Å². The summed E-state index contributed by atoms with van der Waals surface area (Å²) in [5.41, 5.74) is 3.16. The summed E-state index contributed by atoms with van der Waals surface area (Å²) >= 11 is 0. The van der Waals surface area contributed by atoms with Crippen LogP contribution in [-0.4, -0.2) is 24.3 Å². The maximum absolute atomic E-state index is 12.6. The lowest BCUT2D eigenvalue weighted by Crippen LogP contribution is -2.11. The average molecular weight is 384 g/mol. The number of benzene rings is 3. The fourth-order valence-corrected chi connectivity index (χ4v) is 3.16. The van der Waals surface area contributed by atoms with Gasteiger partial charge in [-0.15, -0.1) is 0 Å². The van der Waals surface area contributed by atoms with Crippen LogP contribution in [0.1, 0.15) is 45.8 Å². The van der Waals surface area contributed by atoms with Gasteiger partial charge in [-0.05, 0) is 48.6 Å². The predicted octanol–water partition coefficient (Wildman–Crippen LogP) is 4.80. The van der Waals surface area contributed by atoms with Crippen molar-refractivity contribution in [1.82, 2.24) is 0 Å². The molecule has 0 saturated heterocycles. The zero-order valence-electron chi connectivity index (χ0n) is 16.3. The van der Waals surface area contributed by atoms with Crippen LogP contribution < -0.4 is 0 Å². The molecule has 0 fully saturated rings. The normalized spacial score (nSPS) is 11.2. The Morgan fingerprint density at radius 1 is 0.828 bits per heavy atom. The molecule has 0 amide bonds. The number of aliphatic hydroxyl groups is 1. The molecule has 0 aliphatic rings. The number of aliphatic hydroxyl groups excluding tert-OH is 1. The van der Waals surface area contributed by atoms with Crippen LogP contribution in [0.15, 0.2) is 84.9 Å². The number of carbonyl (C=O) groups is 1. The van der Waals surface area contributed by atoms with Crippen LogP contribution in [0.4, 0.5) is 0 Å². The van der Waals surface area contributed by atoms with E-state index in [4.69, 9.17) is 4.74 Å². The Bertz CT molecular complexity index is 969. The van der Waals surface area contributed by atoms with Crippen LogP contribution in [0, 0.1) is 11.8 Å². The maximum atomic E-state index is 12.6. The van der Waals surface area contributed by atoms with Crippen molar-refractivity contribution in [2.24, 2.45) is 0 Å². The minimum absolute atomic E-state index is 0.103. The molecule has 3 nitrogen and oxygen atoms in total. The minimum Gasteiger partial charge on any atom is -0.462 e. The summed E-state index contributed by atoms with van der Waals surface area (Å²) in [6, 6.07) is 26.9. The summed E-state index contributed by atoms with van der Waals surface area (Å²) in [4.78, 5) is 12.6. The second-order valence-electron chi connectivity index (χ2n) is 6.71. The molecule has 3 rings (SSSR count). The molecule has 0 radical (unpaired) electrons. The maximum Gasteiger partial charge on any atom is 0.339 e. The van der Waals surface area contributed by atoms with Crippen molar-refractivity contribution < 1.29 is 14.6 Å². The molecule has 3 aromatic rings. The molecular formula is C26H24O3. The van der Waals surface area contributed by atoms with Gasteiger partial charge in [0.15, 0.2) is 0 Å². The van der Waals surface area contributed by atoms with E-state index in [-0.39, 0.29) is 18.5 Å². The summed E-state index contributed by atoms with van der Waals surface area (Å²) in [6.07, 6.45) is 1.30. The fourth-order valence-electron chi connectivity index (χ4n) is 3.16. The van der Waals surface area contributed by atoms with Gasteiger partial charge in [-0.2, -0.15) is 0 Å². The first-order chi connectivity index (χ1) is 14.3. The lowest BCUT2D eigenvalue weighted by Gasteiger charge is -2.16. The minimum atomic E-state index is -0.376. The molecule has 0 aromatic heterocycles. The van der Waals surface area contributed by atoms with Gasteiger partial charge >= 0.3 is 5.97 Å². The molecule has 0 heterocycles. The molecule has 0 saturated carbocycles. The highest BCUT2D eigenvalue weighted by molar-refractivity contribution is 5.92. The zero-order valence-corrected chi connectivity index (χ0v) is 16.3. The SMILES string of the molecule is O=C(OCCC(CCO)c1ccccc1)c1ccccc1C#Cc1ccccc1. The second kappa shape index (κ2) is 10.8. The Kier molecular flexibility index (Phi) is 7.63. The smallest absolute Gasteiger partial charge is 0.339 e. The van der Waals surface area contributed by atoms with Crippen molar-refractivity contribution in [3.05, 3.63) is 107 Å². The van der Waals surface area contributed by atoms with Crippen molar-refractivity contribution in [2.45, 2.75) is 18.8 Å². The van der Waals surface area contributed by atoms with Gasteiger partial charge in [0.1, 0.15) is 0 Å². The molecule has 0 aliphatic heterocycles. The summed E-state index contributed by atoms with van der Waals surface area (Å²) < 4.78 is 5.53. The van der Waals surface area contributed by atoms with Crippen LogP contribution in [-0.2, 0) is 4.74 Å². The fraction of sp³-hybridized carbons (Fsp3) is 0.192. The van der Waals surface area contributed by atoms with Gasteiger partial charge in [-0.3, -0.25) is 0 Å². The third-order valence-electron chi connectivity index (χ3n) is 4.71.